The molecule has 1 fully saturated rings. The second-order valence-corrected chi connectivity index (χ2v) is 6.35. The number of aliphatic hydroxyl groups excluding tert-OH is 2. The number of aliphatic hydroxyl groups is 2. The molecule has 3 rings (SSSR count). The van der Waals surface area contributed by atoms with E-state index in [9.17, 15) is 5.11 Å². The predicted octanol–water partition coefficient (Wildman–Crippen LogP) is 2.94. The van der Waals surface area contributed by atoms with E-state index in [0.29, 0.717) is 6.54 Å². The van der Waals surface area contributed by atoms with Gasteiger partial charge in [0.1, 0.15) is 0 Å². The Bertz CT molecular complexity index is 615. The number of rotatable bonds is 5. The van der Waals surface area contributed by atoms with E-state index in [1.807, 2.05) is 0 Å². The van der Waals surface area contributed by atoms with Gasteiger partial charge in [0, 0.05) is 19.6 Å². The Hall–Kier alpha value is -1.94. The Balaban J connectivity index is 1.86. The van der Waals surface area contributed by atoms with Crippen LogP contribution in [-0.2, 0) is 0 Å². The fourth-order valence-electron chi connectivity index (χ4n) is 3.40. The lowest BCUT2D eigenvalue weighted by Gasteiger charge is -2.31. The van der Waals surface area contributed by atoms with Crippen molar-refractivity contribution in [2.45, 2.75) is 18.9 Å². The zero-order valence-electron chi connectivity index (χ0n) is 13.9. The predicted molar refractivity (Wildman–Crippen MR) is 97.7 cm³/mol. The Kier molecular flexibility index (Phi) is 5.81. The topological polar surface area (TPSA) is 43.7 Å². The molecule has 1 heterocycles. The molecule has 0 saturated carbocycles. The van der Waals surface area contributed by atoms with Gasteiger partial charge < -0.3 is 15.1 Å². The zero-order chi connectivity index (χ0) is 16.8. The van der Waals surface area contributed by atoms with Crippen LogP contribution in [0.15, 0.2) is 66.2 Å². The molecule has 0 aromatic heterocycles. The molecule has 126 valence electrons. The average molecular weight is 323 g/mol. The molecular formula is C21H25NO2. The summed E-state index contributed by atoms with van der Waals surface area (Å²) in [5.74, 6) is 0. The average Bonchev–Trinajstić information content (AvgIpc) is 2.65. The van der Waals surface area contributed by atoms with Crippen LogP contribution >= 0.6 is 0 Å². The minimum absolute atomic E-state index is 0.168. The molecule has 1 aliphatic heterocycles. The first kappa shape index (κ1) is 16.9. The van der Waals surface area contributed by atoms with Crippen LogP contribution in [-0.4, -0.2) is 47.5 Å². The molecule has 2 N–H and O–H groups in total. The molecule has 2 aromatic carbocycles. The first-order valence-corrected chi connectivity index (χ1v) is 8.62. The zero-order valence-corrected chi connectivity index (χ0v) is 13.9. The molecule has 1 saturated heterocycles. The van der Waals surface area contributed by atoms with E-state index in [1.165, 1.54) is 22.3 Å². The van der Waals surface area contributed by atoms with E-state index in [0.717, 1.165) is 25.9 Å². The highest BCUT2D eigenvalue weighted by atomic mass is 16.3. The maximum absolute atomic E-state index is 9.64. The summed E-state index contributed by atoms with van der Waals surface area (Å²) in [6.45, 7) is 2.24. The lowest BCUT2D eigenvalue weighted by atomic mass is 9.88. The number of β-amino-alcohol motifs (C(OH)–C–C–N with tert-alkyl or cyclic N) is 1. The molecule has 0 aliphatic carbocycles. The van der Waals surface area contributed by atoms with Crippen molar-refractivity contribution in [3.8, 4) is 0 Å². The van der Waals surface area contributed by atoms with E-state index in [-0.39, 0.29) is 6.61 Å². The van der Waals surface area contributed by atoms with Crippen LogP contribution in [0.5, 0.6) is 0 Å². The van der Waals surface area contributed by atoms with Gasteiger partial charge in [-0.25, -0.2) is 0 Å². The van der Waals surface area contributed by atoms with Crippen molar-refractivity contribution in [1.29, 1.82) is 0 Å². The molecule has 1 aliphatic rings. The van der Waals surface area contributed by atoms with E-state index in [1.54, 1.807) is 0 Å². The van der Waals surface area contributed by atoms with Crippen LogP contribution in [0.2, 0.25) is 0 Å². The summed E-state index contributed by atoms with van der Waals surface area (Å²) >= 11 is 0. The number of hydrogen-bond donors (Lipinski definition) is 2. The number of hydrogen-bond acceptors (Lipinski definition) is 3. The Morgan fingerprint density at radius 1 is 0.875 bits per heavy atom. The first-order chi connectivity index (χ1) is 11.8. The van der Waals surface area contributed by atoms with Crippen LogP contribution in [0.25, 0.3) is 5.57 Å². The lowest BCUT2D eigenvalue weighted by Crippen LogP contribution is -2.38. The van der Waals surface area contributed by atoms with Crippen molar-refractivity contribution in [3.05, 3.63) is 77.4 Å². The summed E-state index contributed by atoms with van der Waals surface area (Å²) in [6.07, 6.45) is 1.35. The second-order valence-electron chi connectivity index (χ2n) is 6.35. The summed E-state index contributed by atoms with van der Waals surface area (Å²) in [5, 5.41) is 18.7. The van der Waals surface area contributed by atoms with Gasteiger partial charge in [0.05, 0.1) is 12.7 Å². The van der Waals surface area contributed by atoms with Crippen LogP contribution < -0.4 is 0 Å². The lowest BCUT2D eigenvalue weighted by molar-refractivity contribution is 0.0568. The van der Waals surface area contributed by atoms with Gasteiger partial charge in [-0.2, -0.15) is 0 Å². The standard InChI is InChI=1S/C21H25NO2/c23-16-20(24)15-22-13-11-19(12-14-22)21(17-7-3-1-4-8-17)18-9-5-2-6-10-18/h1-10,20,23-24H,11-16H2. The highest BCUT2D eigenvalue weighted by Gasteiger charge is 2.20. The molecule has 0 amide bonds. The van der Waals surface area contributed by atoms with Crippen molar-refractivity contribution in [1.82, 2.24) is 4.90 Å². The van der Waals surface area contributed by atoms with Gasteiger partial charge in [0.2, 0.25) is 0 Å². The van der Waals surface area contributed by atoms with Crippen molar-refractivity contribution < 1.29 is 10.2 Å². The number of benzene rings is 2. The van der Waals surface area contributed by atoms with E-state index >= 15 is 0 Å². The summed E-state index contributed by atoms with van der Waals surface area (Å²) < 4.78 is 0. The fraction of sp³-hybridized carbons (Fsp3) is 0.333. The third kappa shape index (κ3) is 4.12. The van der Waals surface area contributed by atoms with Gasteiger partial charge in [-0.05, 0) is 29.5 Å². The first-order valence-electron chi connectivity index (χ1n) is 8.62. The van der Waals surface area contributed by atoms with E-state index in [2.05, 4.69) is 65.6 Å². The molecular weight excluding hydrogens is 298 g/mol. The van der Waals surface area contributed by atoms with Gasteiger partial charge in [-0.1, -0.05) is 66.2 Å². The third-order valence-electron chi connectivity index (χ3n) is 4.62. The van der Waals surface area contributed by atoms with Crippen LogP contribution in [0, 0.1) is 0 Å². The molecule has 1 unspecified atom stereocenters. The third-order valence-corrected chi connectivity index (χ3v) is 4.62. The summed E-state index contributed by atoms with van der Waals surface area (Å²) in [5.41, 5.74) is 5.35. The quantitative estimate of drug-likeness (QED) is 0.889. The minimum atomic E-state index is -0.641. The monoisotopic (exact) mass is 323 g/mol. The van der Waals surface area contributed by atoms with Crippen molar-refractivity contribution in [2.75, 3.05) is 26.2 Å². The van der Waals surface area contributed by atoms with Gasteiger partial charge in [-0.15, -0.1) is 0 Å². The number of nitrogens with zero attached hydrogens (tertiary/aromatic N) is 1. The van der Waals surface area contributed by atoms with E-state index < -0.39 is 6.10 Å². The molecule has 0 bridgehead atoms. The maximum atomic E-state index is 9.64. The van der Waals surface area contributed by atoms with Crippen LogP contribution in [0.3, 0.4) is 0 Å². The number of likely N-dealkylation sites (tertiary alicyclic amines) is 1. The molecule has 0 spiro atoms. The van der Waals surface area contributed by atoms with Gasteiger partial charge in [-0.3, -0.25) is 0 Å². The van der Waals surface area contributed by atoms with E-state index in [4.69, 9.17) is 5.11 Å². The van der Waals surface area contributed by atoms with Crippen LogP contribution in [0.4, 0.5) is 0 Å². The largest absolute Gasteiger partial charge is 0.394 e. The molecule has 3 heteroatoms. The van der Waals surface area contributed by atoms with Gasteiger partial charge in [0.15, 0.2) is 0 Å². The Morgan fingerprint density at radius 2 is 1.38 bits per heavy atom. The van der Waals surface area contributed by atoms with Crippen molar-refractivity contribution in [3.63, 3.8) is 0 Å². The minimum Gasteiger partial charge on any atom is -0.394 e. The maximum Gasteiger partial charge on any atom is 0.0897 e. The summed E-state index contributed by atoms with van der Waals surface area (Å²) in [4.78, 5) is 2.23. The van der Waals surface area contributed by atoms with Gasteiger partial charge in [0.25, 0.3) is 0 Å². The molecule has 3 nitrogen and oxygen atoms in total. The highest BCUT2D eigenvalue weighted by molar-refractivity contribution is 5.82. The van der Waals surface area contributed by atoms with Crippen LogP contribution in [0.1, 0.15) is 24.0 Å². The van der Waals surface area contributed by atoms with Crippen molar-refractivity contribution in [2.24, 2.45) is 0 Å². The normalized spacial score (nSPS) is 16.8. The summed E-state index contributed by atoms with van der Waals surface area (Å²) in [6, 6.07) is 21.2. The van der Waals surface area contributed by atoms with Gasteiger partial charge >= 0.3 is 0 Å². The Labute approximate surface area is 143 Å². The Morgan fingerprint density at radius 3 is 1.83 bits per heavy atom. The molecule has 1 atom stereocenters. The smallest absolute Gasteiger partial charge is 0.0897 e. The molecule has 24 heavy (non-hydrogen) atoms. The molecule has 2 aromatic rings. The molecule has 0 radical (unpaired) electrons. The number of piperidine rings is 1. The SMILES string of the molecule is OCC(O)CN1CCC(=C(c2ccccc2)c2ccccc2)CC1. The highest BCUT2D eigenvalue weighted by Crippen LogP contribution is 2.32. The summed E-state index contributed by atoms with van der Waals surface area (Å²) in [7, 11) is 0. The van der Waals surface area contributed by atoms with Crippen molar-refractivity contribution >= 4 is 5.57 Å². The fourth-order valence-corrected chi connectivity index (χ4v) is 3.40. The second kappa shape index (κ2) is 8.25.